The van der Waals surface area contributed by atoms with E-state index in [1.165, 1.54) is 0 Å². The van der Waals surface area contributed by atoms with Gasteiger partial charge in [0.25, 0.3) is 0 Å². The number of hydrogen-bond donors (Lipinski definition) is 7. The van der Waals surface area contributed by atoms with Gasteiger partial charge in [0.2, 0.25) is 35.4 Å². The lowest BCUT2D eigenvalue weighted by Crippen LogP contribution is -2.58. The number of primary amides is 1. The zero-order valence-electron chi connectivity index (χ0n) is 29.1. The van der Waals surface area contributed by atoms with Crippen LogP contribution in [-0.2, 0) is 35.2 Å². The van der Waals surface area contributed by atoms with E-state index in [-0.39, 0.29) is 37.5 Å². The molecule has 14 nitrogen and oxygen atoms in total. The number of benzene rings is 2. The summed E-state index contributed by atoms with van der Waals surface area (Å²) in [4.78, 5) is 90.8. The Kier molecular flexibility index (Phi) is 15.1. The van der Waals surface area contributed by atoms with E-state index in [0.29, 0.717) is 29.5 Å². The highest BCUT2D eigenvalue weighted by molar-refractivity contribution is 6.09. The number of aliphatic hydroxyl groups is 1. The fraction of sp³-hybridized carbons (Fsp3) is 0.447. The summed E-state index contributed by atoms with van der Waals surface area (Å²) in [6.45, 7) is -0.609. The van der Waals surface area contributed by atoms with Crippen molar-refractivity contribution in [2.75, 3.05) is 13.2 Å². The average molecular weight is 717 g/mol. The molecule has 278 valence electrons. The molecule has 2 unspecified atom stereocenters. The van der Waals surface area contributed by atoms with Crippen LogP contribution >= 0.6 is 0 Å². The summed E-state index contributed by atoms with van der Waals surface area (Å²) in [7, 11) is 0. The SMILES string of the molecule is NC(=O)C1CCCCNC(=O)[C@@H](Cc2ccc(C(=O)c3ccccc3)cc2)NC(=O)[C@H](CC2CCCCC2)NC(=O)C(CO)NC(=O)/C=C/C(=O)N1. The second kappa shape index (κ2) is 19.9. The van der Waals surface area contributed by atoms with Crippen molar-refractivity contribution in [3.63, 3.8) is 0 Å². The summed E-state index contributed by atoms with van der Waals surface area (Å²) in [5.41, 5.74) is 7.12. The lowest BCUT2D eigenvalue weighted by atomic mass is 9.84. The number of nitrogens with one attached hydrogen (secondary N) is 5. The predicted molar refractivity (Wildman–Crippen MR) is 191 cm³/mol. The molecule has 4 rings (SSSR count). The maximum atomic E-state index is 14.0. The van der Waals surface area contributed by atoms with Crippen molar-refractivity contribution in [1.29, 1.82) is 0 Å². The monoisotopic (exact) mass is 716 g/mol. The van der Waals surface area contributed by atoms with Crippen molar-refractivity contribution in [2.24, 2.45) is 11.7 Å². The average Bonchev–Trinajstić information content (AvgIpc) is 3.15. The molecule has 1 heterocycles. The van der Waals surface area contributed by atoms with E-state index in [1.54, 1.807) is 48.5 Å². The van der Waals surface area contributed by atoms with Gasteiger partial charge in [-0.05, 0) is 37.2 Å². The minimum atomic E-state index is -1.46. The molecule has 6 amide bonds. The number of hydrogen-bond acceptors (Lipinski definition) is 8. The molecule has 1 aliphatic carbocycles. The molecule has 1 fully saturated rings. The topological polar surface area (TPSA) is 226 Å². The summed E-state index contributed by atoms with van der Waals surface area (Å²) in [6, 6.07) is 10.9. The Morgan fingerprint density at radius 1 is 0.654 bits per heavy atom. The third-order valence-corrected chi connectivity index (χ3v) is 9.33. The fourth-order valence-electron chi connectivity index (χ4n) is 6.40. The fourth-order valence-corrected chi connectivity index (χ4v) is 6.40. The van der Waals surface area contributed by atoms with Gasteiger partial charge in [-0.1, -0.05) is 86.7 Å². The standard InChI is InChI=1S/C38H48N6O8/c39-35(49)28-13-7-8-20-40-36(50)29(22-25-14-16-27(17-15-25)34(48)26-11-5-2-6-12-26)43-37(51)30(21-24-9-3-1-4-10-24)44-38(52)31(23-45)42-33(47)19-18-32(46)41-28/h2,5-6,11-12,14-19,24,28-31,45H,1,3-4,7-10,13,20-23H2,(H2,39,49)(H,40,50)(H,41,46)(H,42,47)(H,43,51)(H,44,52)/b19-18+/t28?,29-,30+,31?/m1/s1. The van der Waals surface area contributed by atoms with Gasteiger partial charge >= 0.3 is 0 Å². The van der Waals surface area contributed by atoms with Crippen LogP contribution in [0.1, 0.15) is 79.3 Å². The summed E-state index contributed by atoms with van der Waals surface area (Å²) >= 11 is 0. The van der Waals surface area contributed by atoms with Gasteiger partial charge in [0.1, 0.15) is 24.2 Å². The molecule has 1 saturated carbocycles. The van der Waals surface area contributed by atoms with Gasteiger partial charge in [0, 0.05) is 36.2 Å². The summed E-state index contributed by atoms with van der Waals surface area (Å²) in [6.07, 6.45) is 7.85. The summed E-state index contributed by atoms with van der Waals surface area (Å²) < 4.78 is 0. The maximum Gasteiger partial charge on any atom is 0.245 e. The molecule has 4 atom stereocenters. The first-order valence-electron chi connectivity index (χ1n) is 17.8. The quantitative estimate of drug-likeness (QED) is 0.192. The lowest BCUT2D eigenvalue weighted by molar-refractivity contribution is -0.134. The largest absolute Gasteiger partial charge is 0.394 e. The first-order valence-corrected chi connectivity index (χ1v) is 17.8. The lowest BCUT2D eigenvalue weighted by Gasteiger charge is -2.29. The third-order valence-electron chi connectivity index (χ3n) is 9.33. The number of carbonyl (C=O) groups is 7. The summed E-state index contributed by atoms with van der Waals surface area (Å²) in [5.74, 6) is -4.36. The van der Waals surface area contributed by atoms with Crippen molar-refractivity contribution in [1.82, 2.24) is 26.6 Å². The Morgan fingerprint density at radius 2 is 1.25 bits per heavy atom. The maximum absolute atomic E-state index is 14.0. The van der Waals surface area contributed by atoms with Crippen LogP contribution in [0, 0.1) is 5.92 Å². The van der Waals surface area contributed by atoms with E-state index in [0.717, 1.165) is 44.3 Å². The van der Waals surface area contributed by atoms with E-state index in [4.69, 9.17) is 5.73 Å². The van der Waals surface area contributed by atoms with E-state index in [1.807, 2.05) is 6.07 Å². The minimum Gasteiger partial charge on any atom is -0.394 e. The second-order valence-electron chi connectivity index (χ2n) is 13.3. The van der Waals surface area contributed by atoms with Crippen LogP contribution in [0.4, 0.5) is 0 Å². The van der Waals surface area contributed by atoms with Crippen LogP contribution in [0.25, 0.3) is 0 Å². The van der Waals surface area contributed by atoms with Crippen LogP contribution in [0.15, 0.2) is 66.7 Å². The van der Waals surface area contributed by atoms with Gasteiger partial charge in [-0.3, -0.25) is 33.6 Å². The molecule has 0 saturated heterocycles. The Labute approximate surface area is 302 Å². The van der Waals surface area contributed by atoms with E-state index in [9.17, 15) is 38.7 Å². The Bertz CT molecular complexity index is 1610. The van der Waals surface area contributed by atoms with Crippen LogP contribution < -0.4 is 32.3 Å². The highest BCUT2D eigenvalue weighted by Gasteiger charge is 2.32. The Hall–Kier alpha value is -5.37. The zero-order chi connectivity index (χ0) is 37.5. The number of aliphatic hydroxyl groups excluding tert-OH is 1. The molecule has 2 aromatic carbocycles. The molecule has 0 aromatic heterocycles. The number of nitrogens with two attached hydrogens (primary N) is 1. The van der Waals surface area contributed by atoms with Gasteiger partial charge in [-0.2, -0.15) is 0 Å². The summed E-state index contributed by atoms with van der Waals surface area (Å²) in [5, 5.41) is 23.1. The first-order chi connectivity index (χ1) is 25.0. The van der Waals surface area contributed by atoms with Crippen molar-refractivity contribution >= 4 is 41.2 Å². The van der Waals surface area contributed by atoms with Gasteiger partial charge < -0.3 is 37.4 Å². The van der Waals surface area contributed by atoms with Crippen molar-refractivity contribution in [3.05, 3.63) is 83.4 Å². The van der Waals surface area contributed by atoms with Crippen LogP contribution in [0.5, 0.6) is 0 Å². The molecule has 1 aliphatic heterocycles. The van der Waals surface area contributed by atoms with Crippen LogP contribution in [0.2, 0.25) is 0 Å². The van der Waals surface area contributed by atoms with Gasteiger partial charge in [-0.25, -0.2) is 0 Å². The molecule has 8 N–H and O–H groups in total. The molecule has 14 heteroatoms. The predicted octanol–water partition coefficient (Wildman–Crippen LogP) is 0.704. The van der Waals surface area contributed by atoms with Crippen molar-refractivity contribution in [3.8, 4) is 0 Å². The number of rotatable bonds is 8. The number of carbonyl (C=O) groups excluding carboxylic acids is 7. The van der Waals surface area contributed by atoms with E-state index >= 15 is 0 Å². The zero-order valence-corrected chi connectivity index (χ0v) is 29.1. The highest BCUT2D eigenvalue weighted by atomic mass is 16.3. The molecular weight excluding hydrogens is 668 g/mol. The van der Waals surface area contributed by atoms with E-state index < -0.39 is 66.2 Å². The third kappa shape index (κ3) is 12.1. The molecular formula is C38H48N6O8. The smallest absolute Gasteiger partial charge is 0.245 e. The van der Waals surface area contributed by atoms with Gasteiger partial charge in [0.05, 0.1) is 6.61 Å². The van der Waals surface area contributed by atoms with Crippen molar-refractivity contribution < 1.29 is 38.7 Å². The molecule has 2 aromatic rings. The van der Waals surface area contributed by atoms with Crippen LogP contribution in [-0.4, -0.2) is 83.7 Å². The first kappa shape index (κ1) is 39.4. The van der Waals surface area contributed by atoms with Gasteiger partial charge in [-0.15, -0.1) is 0 Å². The Balaban J connectivity index is 1.59. The highest BCUT2D eigenvalue weighted by Crippen LogP contribution is 2.27. The second-order valence-corrected chi connectivity index (χ2v) is 13.3. The minimum absolute atomic E-state index is 0.0684. The molecule has 0 spiro atoms. The number of ketones is 1. The van der Waals surface area contributed by atoms with Crippen LogP contribution in [0.3, 0.4) is 0 Å². The Morgan fingerprint density at radius 3 is 1.90 bits per heavy atom. The number of amides is 6. The molecule has 0 bridgehead atoms. The van der Waals surface area contributed by atoms with Gasteiger partial charge in [0.15, 0.2) is 5.78 Å². The van der Waals surface area contributed by atoms with Crippen molar-refractivity contribution in [2.45, 2.75) is 88.4 Å². The molecule has 0 radical (unpaired) electrons. The van der Waals surface area contributed by atoms with E-state index in [2.05, 4.69) is 26.6 Å². The molecule has 52 heavy (non-hydrogen) atoms. The molecule has 2 aliphatic rings. The normalized spacial score (nSPS) is 23.9.